The third-order valence-corrected chi connectivity index (χ3v) is 4.63. The molecule has 0 saturated heterocycles. The summed E-state index contributed by atoms with van der Waals surface area (Å²) in [6.45, 7) is 4.11. The van der Waals surface area contributed by atoms with E-state index in [4.69, 9.17) is 0 Å². The van der Waals surface area contributed by atoms with Crippen LogP contribution in [0.4, 0.5) is 11.4 Å². The molecule has 3 aromatic carbocycles. The average molecular weight is 328 g/mol. The number of para-hydroxylation sites is 1. The summed E-state index contributed by atoms with van der Waals surface area (Å²) in [7, 11) is 0. The number of hydrogen-bond acceptors (Lipinski definition) is 2. The number of carbonyl (C=O) groups is 1. The van der Waals surface area contributed by atoms with Crippen LogP contribution < -0.4 is 10.2 Å². The number of carbonyl (C=O) groups excluding carboxylic acids is 1. The molecule has 1 unspecified atom stereocenters. The maximum Gasteiger partial charge on any atom is 0.262 e. The van der Waals surface area contributed by atoms with E-state index in [1.165, 1.54) is 11.1 Å². The zero-order valence-electron chi connectivity index (χ0n) is 14.4. The van der Waals surface area contributed by atoms with E-state index < -0.39 is 0 Å². The lowest BCUT2D eigenvalue weighted by atomic mass is 10.0. The highest BCUT2D eigenvalue weighted by Crippen LogP contribution is 2.36. The molecule has 1 atom stereocenters. The molecule has 1 N–H and O–H groups in total. The number of fused-ring (bicyclic) bond motifs is 1. The van der Waals surface area contributed by atoms with Crippen molar-refractivity contribution < 1.29 is 4.79 Å². The summed E-state index contributed by atoms with van der Waals surface area (Å²) in [6.07, 6.45) is -0.231. The Balaban J connectivity index is 1.85. The highest BCUT2D eigenvalue weighted by atomic mass is 16.2. The summed E-state index contributed by atoms with van der Waals surface area (Å²) < 4.78 is 0. The summed E-state index contributed by atoms with van der Waals surface area (Å²) in [5.74, 6) is 0.0174. The standard InChI is InChI=1S/C22H20N2O/c1-15-7-11-17(12-8-15)21-23-20-6-4-3-5-19(20)22(25)24(21)18-13-9-16(2)10-14-18/h3-14,21,23H,1-2H3. The Morgan fingerprint density at radius 1 is 0.800 bits per heavy atom. The molecule has 0 saturated carbocycles. The Kier molecular flexibility index (Phi) is 3.77. The average Bonchev–Trinajstić information content (AvgIpc) is 2.63. The van der Waals surface area contributed by atoms with Crippen LogP contribution in [-0.4, -0.2) is 5.91 Å². The quantitative estimate of drug-likeness (QED) is 0.712. The van der Waals surface area contributed by atoms with Gasteiger partial charge in [-0.3, -0.25) is 9.69 Å². The van der Waals surface area contributed by atoms with Gasteiger partial charge in [0.15, 0.2) is 0 Å². The van der Waals surface area contributed by atoms with Crippen LogP contribution in [0.15, 0.2) is 72.8 Å². The highest BCUT2D eigenvalue weighted by molar-refractivity contribution is 6.12. The molecule has 124 valence electrons. The largest absolute Gasteiger partial charge is 0.360 e. The van der Waals surface area contributed by atoms with Crippen molar-refractivity contribution in [1.82, 2.24) is 0 Å². The molecule has 1 heterocycles. The Bertz CT molecular complexity index is 914. The molecule has 25 heavy (non-hydrogen) atoms. The molecule has 0 fully saturated rings. The van der Waals surface area contributed by atoms with Gasteiger partial charge in [-0.15, -0.1) is 0 Å². The first-order chi connectivity index (χ1) is 12.1. The molecule has 0 radical (unpaired) electrons. The highest BCUT2D eigenvalue weighted by Gasteiger charge is 2.33. The molecule has 0 aliphatic carbocycles. The molecule has 0 bridgehead atoms. The van der Waals surface area contributed by atoms with Crippen molar-refractivity contribution in [2.75, 3.05) is 10.2 Å². The van der Waals surface area contributed by atoms with E-state index in [0.717, 1.165) is 16.9 Å². The maximum atomic E-state index is 13.2. The van der Waals surface area contributed by atoms with Crippen molar-refractivity contribution >= 4 is 17.3 Å². The van der Waals surface area contributed by atoms with E-state index in [2.05, 4.69) is 36.5 Å². The van der Waals surface area contributed by atoms with Crippen molar-refractivity contribution in [1.29, 1.82) is 0 Å². The number of nitrogens with one attached hydrogen (secondary N) is 1. The Morgan fingerprint density at radius 2 is 1.40 bits per heavy atom. The summed E-state index contributed by atoms with van der Waals surface area (Å²) in [5, 5.41) is 3.53. The smallest absolute Gasteiger partial charge is 0.262 e. The lowest BCUT2D eigenvalue weighted by Gasteiger charge is -2.38. The predicted molar refractivity (Wildman–Crippen MR) is 102 cm³/mol. The van der Waals surface area contributed by atoms with Crippen LogP contribution in [0.5, 0.6) is 0 Å². The van der Waals surface area contributed by atoms with Gasteiger partial charge in [0.1, 0.15) is 6.17 Å². The third kappa shape index (κ3) is 2.78. The van der Waals surface area contributed by atoms with Gasteiger partial charge in [0.2, 0.25) is 0 Å². The Labute approximate surface area is 147 Å². The van der Waals surface area contributed by atoms with E-state index in [0.29, 0.717) is 5.56 Å². The Hall–Kier alpha value is -3.07. The van der Waals surface area contributed by atoms with E-state index in [1.54, 1.807) is 0 Å². The van der Waals surface area contributed by atoms with Crippen LogP contribution in [0.1, 0.15) is 33.2 Å². The van der Waals surface area contributed by atoms with Gasteiger partial charge in [-0.25, -0.2) is 0 Å². The van der Waals surface area contributed by atoms with Gasteiger partial charge < -0.3 is 5.32 Å². The fourth-order valence-electron chi connectivity index (χ4n) is 3.21. The molecular formula is C22H20N2O. The number of amides is 1. The molecule has 3 nitrogen and oxygen atoms in total. The number of hydrogen-bond donors (Lipinski definition) is 1. The first-order valence-corrected chi connectivity index (χ1v) is 8.46. The SMILES string of the molecule is Cc1ccc(C2Nc3ccccc3C(=O)N2c2ccc(C)cc2)cc1. The fourth-order valence-corrected chi connectivity index (χ4v) is 3.21. The topological polar surface area (TPSA) is 32.3 Å². The minimum atomic E-state index is -0.231. The van der Waals surface area contributed by atoms with Crippen molar-refractivity contribution in [2.24, 2.45) is 0 Å². The van der Waals surface area contributed by atoms with Crippen molar-refractivity contribution in [3.63, 3.8) is 0 Å². The number of rotatable bonds is 2. The Morgan fingerprint density at radius 3 is 2.08 bits per heavy atom. The van der Waals surface area contributed by atoms with Crippen LogP contribution in [0, 0.1) is 13.8 Å². The summed E-state index contributed by atoms with van der Waals surface area (Å²) >= 11 is 0. The summed E-state index contributed by atoms with van der Waals surface area (Å²) in [5.41, 5.74) is 5.91. The molecule has 4 rings (SSSR count). The van der Waals surface area contributed by atoms with Crippen molar-refractivity contribution in [3.05, 3.63) is 95.1 Å². The molecule has 0 aromatic heterocycles. The minimum Gasteiger partial charge on any atom is -0.360 e. The van der Waals surface area contributed by atoms with Crippen LogP contribution in [-0.2, 0) is 0 Å². The van der Waals surface area contributed by atoms with Gasteiger partial charge in [0, 0.05) is 11.4 Å². The van der Waals surface area contributed by atoms with Gasteiger partial charge in [-0.05, 0) is 43.7 Å². The first-order valence-electron chi connectivity index (χ1n) is 8.46. The van der Waals surface area contributed by atoms with Gasteiger partial charge in [-0.1, -0.05) is 59.7 Å². The second kappa shape index (κ2) is 6.10. The lowest BCUT2D eigenvalue weighted by molar-refractivity contribution is 0.0975. The fraction of sp³-hybridized carbons (Fsp3) is 0.136. The van der Waals surface area contributed by atoms with Gasteiger partial charge >= 0.3 is 0 Å². The molecule has 1 aliphatic rings. The summed E-state index contributed by atoms with van der Waals surface area (Å²) in [6, 6.07) is 24.1. The number of nitrogens with zero attached hydrogens (tertiary/aromatic N) is 1. The van der Waals surface area contributed by atoms with Crippen LogP contribution in [0.3, 0.4) is 0 Å². The van der Waals surface area contributed by atoms with E-state index in [9.17, 15) is 4.79 Å². The first kappa shape index (κ1) is 15.5. The summed E-state index contributed by atoms with van der Waals surface area (Å²) in [4.78, 5) is 15.1. The molecule has 3 heteroatoms. The number of aryl methyl sites for hydroxylation is 2. The number of benzene rings is 3. The van der Waals surface area contributed by atoms with Gasteiger partial charge in [0.05, 0.1) is 5.56 Å². The second-order valence-electron chi connectivity index (χ2n) is 6.51. The van der Waals surface area contributed by atoms with Gasteiger partial charge in [0.25, 0.3) is 5.91 Å². The third-order valence-electron chi connectivity index (χ3n) is 4.63. The van der Waals surface area contributed by atoms with Crippen molar-refractivity contribution in [3.8, 4) is 0 Å². The predicted octanol–water partition coefficient (Wildman–Crippen LogP) is 5.07. The molecule has 0 spiro atoms. The molecular weight excluding hydrogens is 308 g/mol. The van der Waals surface area contributed by atoms with E-state index >= 15 is 0 Å². The molecule has 3 aromatic rings. The monoisotopic (exact) mass is 328 g/mol. The number of anilines is 2. The lowest BCUT2D eigenvalue weighted by Crippen LogP contribution is -2.43. The van der Waals surface area contributed by atoms with E-state index in [1.807, 2.05) is 60.4 Å². The minimum absolute atomic E-state index is 0.0174. The second-order valence-corrected chi connectivity index (χ2v) is 6.51. The van der Waals surface area contributed by atoms with E-state index in [-0.39, 0.29) is 12.1 Å². The maximum absolute atomic E-state index is 13.2. The normalized spacial score (nSPS) is 16.3. The van der Waals surface area contributed by atoms with Crippen LogP contribution in [0.25, 0.3) is 0 Å². The van der Waals surface area contributed by atoms with Crippen LogP contribution in [0.2, 0.25) is 0 Å². The molecule has 1 aliphatic heterocycles. The van der Waals surface area contributed by atoms with Gasteiger partial charge in [-0.2, -0.15) is 0 Å². The zero-order valence-corrected chi connectivity index (χ0v) is 14.4. The van der Waals surface area contributed by atoms with Crippen LogP contribution >= 0.6 is 0 Å². The van der Waals surface area contributed by atoms with Crippen molar-refractivity contribution in [2.45, 2.75) is 20.0 Å². The zero-order chi connectivity index (χ0) is 17.4. The molecule has 1 amide bonds.